The standard InChI is InChI=1S/C71H126O16P2/c1-4-7-10-13-16-19-22-24-26-27-28-29-30-31-32-33-34-35-36-37-39-41-43-45-48-51-54-57-69(74)81-60-66(72)61-83-88(77,78)84-62-67(73)63-85-89(79,80)86-65-68(87-71(76)59-56-53-50-47-42-21-18-15-12-9-6-3)64-82-70(75)58-55-52-49-46-44-40-38-25-23-20-17-14-11-8-5-2/h7,10,16,19,24-26,28-29,31-32,34-35,38,66-68,72-73H,4-6,8-9,11-15,17-18,20-23,27,30,33,36-37,39-65H2,1-3H3,(H,77,78)(H,79,80)/b10-7-,19-16-,26-24-,29-28-,32-31-,35-34-,38-25-. The molecule has 0 amide bonds. The van der Waals surface area contributed by atoms with Gasteiger partial charge in [-0.3, -0.25) is 32.5 Å². The van der Waals surface area contributed by atoms with Crippen molar-refractivity contribution >= 4 is 33.6 Å². The lowest BCUT2D eigenvalue weighted by molar-refractivity contribution is -0.161. The highest BCUT2D eigenvalue weighted by Crippen LogP contribution is 2.45. The van der Waals surface area contributed by atoms with Crippen molar-refractivity contribution in [1.29, 1.82) is 0 Å². The summed E-state index contributed by atoms with van der Waals surface area (Å²) in [6, 6.07) is 0. The number of phosphoric ester groups is 2. The number of rotatable bonds is 66. The third-order valence-corrected chi connectivity index (χ3v) is 16.5. The van der Waals surface area contributed by atoms with Crippen LogP contribution in [0.2, 0.25) is 0 Å². The Hall–Kier alpha value is -3.27. The second kappa shape index (κ2) is 64.8. The molecule has 0 spiro atoms. The van der Waals surface area contributed by atoms with Gasteiger partial charge in [0.15, 0.2) is 6.10 Å². The molecule has 0 fully saturated rings. The number of ether oxygens (including phenoxy) is 3. The van der Waals surface area contributed by atoms with E-state index in [0.717, 1.165) is 135 Å². The van der Waals surface area contributed by atoms with Crippen LogP contribution in [0.4, 0.5) is 0 Å². The normalized spacial score (nSPS) is 14.7. The van der Waals surface area contributed by atoms with E-state index in [1.54, 1.807) is 0 Å². The first-order valence-corrected chi connectivity index (χ1v) is 37.9. The number of carbonyl (C=O) groups is 3. The van der Waals surface area contributed by atoms with Crippen LogP contribution in [0, 0.1) is 0 Å². The number of phosphoric acid groups is 2. The molecule has 16 nitrogen and oxygen atoms in total. The molecule has 0 aromatic heterocycles. The number of esters is 3. The Labute approximate surface area is 540 Å². The van der Waals surface area contributed by atoms with Crippen LogP contribution in [0.25, 0.3) is 0 Å². The summed E-state index contributed by atoms with van der Waals surface area (Å²) in [5.41, 5.74) is 0. The lowest BCUT2D eigenvalue weighted by Crippen LogP contribution is -2.30. The quantitative estimate of drug-likeness (QED) is 0.0146. The molecule has 0 radical (unpaired) electrons. The van der Waals surface area contributed by atoms with Gasteiger partial charge in [0.1, 0.15) is 25.4 Å². The van der Waals surface area contributed by atoms with E-state index in [1.165, 1.54) is 96.3 Å². The second-order valence-electron chi connectivity index (χ2n) is 23.3. The molecular formula is C71H126O16P2. The third kappa shape index (κ3) is 66.0. The van der Waals surface area contributed by atoms with Gasteiger partial charge in [-0.2, -0.15) is 0 Å². The van der Waals surface area contributed by atoms with Crippen molar-refractivity contribution in [1.82, 2.24) is 0 Å². The van der Waals surface area contributed by atoms with Crippen LogP contribution in [-0.4, -0.2) is 95.9 Å². The van der Waals surface area contributed by atoms with Gasteiger partial charge in [-0.05, 0) is 96.3 Å². The highest BCUT2D eigenvalue weighted by atomic mass is 31.2. The molecule has 0 aromatic rings. The van der Waals surface area contributed by atoms with Crippen LogP contribution in [0.15, 0.2) is 85.1 Å². The first-order chi connectivity index (χ1) is 43.2. The van der Waals surface area contributed by atoms with Gasteiger partial charge >= 0.3 is 33.6 Å². The van der Waals surface area contributed by atoms with E-state index in [9.17, 15) is 43.5 Å². The topological polar surface area (TPSA) is 231 Å². The minimum atomic E-state index is -4.92. The maximum Gasteiger partial charge on any atom is 0.472 e. The SMILES string of the molecule is CC/C=C\C/C=C\C/C=C\C/C=C\C/C=C\C/C=C\CCCCCCCCCCC(=O)OCC(O)COP(=O)(O)OCC(O)COP(=O)(O)OCC(COC(=O)CCCCCCC/C=C\CCCCCCCC)OC(=O)CCCCCCCCCCCCC. The molecule has 0 saturated carbocycles. The van der Waals surface area contributed by atoms with Gasteiger partial charge in [0, 0.05) is 19.3 Å². The van der Waals surface area contributed by atoms with Crippen LogP contribution in [0.1, 0.15) is 290 Å². The lowest BCUT2D eigenvalue weighted by atomic mass is 10.1. The molecule has 5 atom stereocenters. The van der Waals surface area contributed by atoms with Crippen molar-refractivity contribution in [3.05, 3.63) is 85.1 Å². The summed E-state index contributed by atoms with van der Waals surface area (Å²) in [5.74, 6) is -1.58. The molecule has 0 heterocycles. The molecule has 4 N–H and O–H groups in total. The lowest BCUT2D eigenvalue weighted by Gasteiger charge is -2.21. The van der Waals surface area contributed by atoms with Crippen LogP contribution < -0.4 is 0 Å². The number of unbranched alkanes of at least 4 members (excludes halogenated alkanes) is 29. The number of aliphatic hydroxyl groups is 2. The van der Waals surface area contributed by atoms with E-state index in [4.69, 9.17) is 32.3 Å². The van der Waals surface area contributed by atoms with Crippen molar-refractivity contribution < 1.29 is 75.8 Å². The molecular weight excluding hydrogens is 1170 g/mol. The number of hydrogen-bond donors (Lipinski definition) is 4. The molecule has 0 aromatic carbocycles. The van der Waals surface area contributed by atoms with Gasteiger partial charge < -0.3 is 34.2 Å². The predicted octanol–water partition coefficient (Wildman–Crippen LogP) is 19.3. The molecule has 5 unspecified atom stereocenters. The average Bonchev–Trinajstić information content (AvgIpc) is 3.56. The third-order valence-electron chi connectivity index (χ3n) is 14.6. The van der Waals surface area contributed by atoms with Crippen molar-refractivity contribution in [3.8, 4) is 0 Å². The summed E-state index contributed by atoms with van der Waals surface area (Å²) >= 11 is 0. The summed E-state index contributed by atoms with van der Waals surface area (Å²) in [4.78, 5) is 58.3. The zero-order valence-corrected chi connectivity index (χ0v) is 57.6. The summed E-state index contributed by atoms with van der Waals surface area (Å²) in [6.45, 7) is 2.54. The second-order valence-corrected chi connectivity index (χ2v) is 26.2. The van der Waals surface area contributed by atoms with Gasteiger partial charge in [-0.25, -0.2) is 9.13 Å². The molecule has 0 rings (SSSR count). The minimum absolute atomic E-state index is 0.107. The number of aliphatic hydroxyl groups excluding tert-OH is 2. The molecule has 516 valence electrons. The molecule has 89 heavy (non-hydrogen) atoms. The van der Waals surface area contributed by atoms with Crippen LogP contribution in [-0.2, 0) is 55.8 Å². The van der Waals surface area contributed by atoms with E-state index < -0.39 is 91.5 Å². The zero-order valence-electron chi connectivity index (χ0n) is 55.8. The Morgan fingerprint density at radius 1 is 0.326 bits per heavy atom. The van der Waals surface area contributed by atoms with Gasteiger partial charge in [0.2, 0.25) is 0 Å². The highest BCUT2D eigenvalue weighted by molar-refractivity contribution is 7.47. The Kier molecular flexibility index (Phi) is 62.4. The van der Waals surface area contributed by atoms with Crippen molar-refractivity contribution in [3.63, 3.8) is 0 Å². The largest absolute Gasteiger partial charge is 0.472 e. The van der Waals surface area contributed by atoms with Gasteiger partial charge in [0.25, 0.3) is 0 Å². The van der Waals surface area contributed by atoms with E-state index >= 15 is 0 Å². The fourth-order valence-electron chi connectivity index (χ4n) is 9.27. The number of carbonyl (C=O) groups excluding carboxylic acids is 3. The van der Waals surface area contributed by atoms with E-state index in [0.29, 0.717) is 19.3 Å². The van der Waals surface area contributed by atoms with E-state index in [1.807, 2.05) is 0 Å². The van der Waals surface area contributed by atoms with E-state index in [2.05, 4.69) is 106 Å². The summed E-state index contributed by atoms with van der Waals surface area (Å²) in [7, 11) is -9.76. The number of allylic oxidation sites excluding steroid dienone is 14. The van der Waals surface area contributed by atoms with Crippen LogP contribution in [0.5, 0.6) is 0 Å². The molecule has 0 saturated heterocycles. The molecule has 0 aliphatic rings. The molecule has 0 bridgehead atoms. The van der Waals surface area contributed by atoms with Crippen LogP contribution in [0.3, 0.4) is 0 Å². The Balaban J connectivity index is 4.47. The highest BCUT2D eigenvalue weighted by Gasteiger charge is 2.29. The molecule has 18 heteroatoms. The van der Waals surface area contributed by atoms with Crippen molar-refractivity contribution in [2.45, 2.75) is 309 Å². The maximum absolute atomic E-state index is 12.9. The zero-order chi connectivity index (χ0) is 65.3. The monoisotopic (exact) mass is 1300 g/mol. The van der Waals surface area contributed by atoms with Crippen LogP contribution >= 0.6 is 15.6 Å². The average molecular weight is 1300 g/mol. The fourth-order valence-corrected chi connectivity index (χ4v) is 10.9. The Morgan fingerprint density at radius 2 is 0.596 bits per heavy atom. The Morgan fingerprint density at radius 3 is 0.955 bits per heavy atom. The smallest absolute Gasteiger partial charge is 0.463 e. The summed E-state index contributed by atoms with van der Waals surface area (Å²) < 4.78 is 60.8. The summed E-state index contributed by atoms with van der Waals surface area (Å²) in [5, 5.41) is 20.5. The fraction of sp³-hybridized carbons (Fsp3) is 0.761. The van der Waals surface area contributed by atoms with Crippen molar-refractivity contribution in [2.75, 3.05) is 39.6 Å². The predicted molar refractivity (Wildman–Crippen MR) is 362 cm³/mol. The van der Waals surface area contributed by atoms with Crippen molar-refractivity contribution in [2.24, 2.45) is 0 Å². The van der Waals surface area contributed by atoms with Gasteiger partial charge in [-0.1, -0.05) is 260 Å². The first-order valence-electron chi connectivity index (χ1n) is 34.9. The number of hydrogen-bond acceptors (Lipinski definition) is 14. The van der Waals surface area contributed by atoms with Gasteiger partial charge in [-0.15, -0.1) is 0 Å². The molecule has 0 aliphatic heterocycles. The van der Waals surface area contributed by atoms with E-state index in [-0.39, 0.29) is 19.3 Å². The molecule has 0 aliphatic carbocycles. The first kappa shape index (κ1) is 85.7. The van der Waals surface area contributed by atoms with Gasteiger partial charge in [0.05, 0.1) is 26.4 Å². The summed E-state index contributed by atoms with van der Waals surface area (Å²) in [6.07, 6.45) is 69.3. The Bertz CT molecular complexity index is 1970. The maximum atomic E-state index is 12.9. The minimum Gasteiger partial charge on any atom is -0.463 e.